The van der Waals surface area contributed by atoms with Gasteiger partial charge in [0.2, 0.25) is 5.91 Å². The molecule has 5 nitrogen and oxygen atoms in total. The largest absolute Gasteiger partial charge is 0.357 e. The predicted molar refractivity (Wildman–Crippen MR) is 82.7 cm³/mol. The van der Waals surface area contributed by atoms with E-state index in [0.717, 1.165) is 17.8 Å². The van der Waals surface area contributed by atoms with Gasteiger partial charge in [-0.25, -0.2) is 0 Å². The summed E-state index contributed by atoms with van der Waals surface area (Å²) in [5.41, 5.74) is 0. The average molecular weight is 286 g/mol. The Kier molecular flexibility index (Phi) is 7.70. The van der Waals surface area contributed by atoms with Gasteiger partial charge >= 0.3 is 0 Å². The van der Waals surface area contributed by atoms with Crippen molar-refractivity contribution < 1.29 is 4.79 Å². The number of hydrogen-bond donors (Lipinski definition) is 3. The highest BCUT2D eigenvalue weighted by Crippen LogP contribution is 2.27. The van der Waals surface area contributed by atoms with Crippen LogP contribution in [0.1, 0.15) is 33.1 Å². The normalized spacial score (nSPS) is 23.2. The molecule has 0 aromatic carbocycles. The van der Waals surface area contributed by atoms with E-state index in [1.807, 2.05) is 11.8 Å². The number of guanidine groups is 1. The van der Waals surface area contributed by atoms with E-state index >= 15 is 0 Å². The predicted octanol–water partition coefficient (Wildman–Crippen LogP) is 0.962. The summed E-state index contributed by atoms with van der Waals surface area (Å²) in [7, 11) is 0. The molecule has 0 aromatic rings. The Hall–Kier alpha value is -0.910. The molecule has 3 N–H and O–H groups in total. The van der Waals surface area contributed by atoms with Crippen LogP contribution in [-0.4, -0.2) is 49.0 Å². The highest BCUT2D eigenvalue weighted by Gasteiger charge is 2.24. The molecule has 0 radical (unpaired) electrons. The van der Waals surface area contributed by atoms with E-state index in [2.05, 4.69) is 34.1 Å². The van der Waals surface area contributed by atoms with E-state index in [1.54, 1.807) is 0 Å². The lowest BCUT2D eigenvalue weighted by Crippen LogP contribution is -2.43. The number of nitrogens with zero attached hydrogens (tertiary/aromatic N) is 1. The first-order chi connectivity index (χ1) is 9.15. The summed E-state index contributed by atoms with van der Waals surface area (Å²) >= 11 is 1.95. The Morgan fingerprint density at radius 3 is 2.74 bits per heavy atom. The molecule has 1 amide bonds. The van der Waals surface area contributed by atoms with E-state index in [0.29, 0.717) is 19.1 Å². The lowest BCUT2D eigenvalue weighted by atomic mass is 10.2. The summed E-state index contributed by atoms with van der Waals surface area (Å²) in [5.74, 6) is 0.853. The molecule has 19 heavy (non-hydrogen) atoms. The van der Waals surface area contributed by atoms with E-state index < -0.39 is 0 Å². The number of thioether (sulfide) groups is 1. The van der Waals surface area contributed by atoms with Crippen LogP contribution in [0.15, 0.2) is 4.99 Å². The fourth-order valence-electron chi connectivity index (χ4n) is 2.20. The molecule has 1 aliphatic rings. The van der Waals surface area contributed by atoms with E-state index in [9.17, 15) is 4.79 Å². The average Bonchev–Trinajstić information content (AvgIpc) is 2.82. The second-order valence-corrected chi connectivity index (χ2v) is 5.89. The van der Waals surface area contributed by atoms with Gasteiger partial charge in [0.1, 0.15) is 0 Å². The molecule has 2 atom stereocenters. The summed E-state index contributed by atoms with van der Waals surface area (Å²) in [5, 5.41) is 10.3. The van der Waals surface area contributed by atoms with Crippen LogP contribution in [-0.2, 0) is 4.79 Å². The van der Waals surface area contributed by atoms with E-state index in [1.165, 1.54) is 26.2 Å². The summed E-state index contributed by atoms with van der Waals surface area (Å²) < 4.78 is 0. The molecule has 1 fully saturated rings. The van der Waals surface area contributed by atoms with Crippen molar-refractivity contribution in [3.8, 4) is 0 Å². The van der Waals surface area contributed by atoms with Gasteiger partial charge in [-0.05, 0) is 32.4 Å². The highest BCUT2D eigenvalue weighted by atomic mass is 32.2. The first-order valence-corrected chi connectivity index (χ1v) is 8.26. The number of aliphatic imine (C=N–C) groups is 1. The standard InChI is InChI=1S/C13H26N4OS/c1-4-14-13(16-8-7-15-10(2)18)17-11-5-6-12(9-11)19-3/h11-12H,4-9H2,1-3H3,(H,15,18)(H2,14,16,17). The zero-order valence-corrected chi connectivity index (χ0v) is 13.0. The molecule has 1 rings (SSSR count). The van der Waals surface area contributed by atoms with E-state index in [-0.39, 0.29) is 5.91 Å². The van der Waals surface area contributed by atoms with Crippen LogP contribution in [0.3, 0.4) is 0 Å². The third kappa shape index (κ3) is 6.71. The first kappa shape index (κ1) is 16.1. The minimum Gasteiger partial charge on any atom is -0.357 e. The van der Waals surface area contributed by atoms with Gasteiger partial charge in [-0.15, -0.1) is 0 Å². The van der Waals surface area contributed by atoms with Gasteiger partial charge in [-0.2, -0.15) is 11.8 Å². The molecule has 6 heteroatoms. The number of rotatable bonds is 6. The van der Waals surface area contributed by atoms with E-state index in [4.69, 9.17) is 0 Å². The van der Waals surface area contributed by atoms with Gasteiger partial charge in [0.15, 0.2) is 5.96 Å². The molecule has 1 saturated carbocycles. The smallest absolute Gasteiger partial charge is 0.216 e. The van der Waals surface area contributed by atoms with Crippen LogP contribution in [0.5, 0.6) is 0 Å². The Labute approximate surface area is 120 Å². The third-order valence-electron chi connectivity index (χ3n) is 3.16. The fraction of sp³-hybridized carbons (Fsp3) is 0.846. The third-order valence-corrected chi connectivity index (χ3v) is 4.25. The van der Waals surface area contributed by atoms with Gasteiger partial charge < -0.3 is 16.0 Å². The SMILES string of the molecule is CCNC(=NCCNC(C)=O)NC1CCC(SC)C1. The van der Waals surface area contributed by atoms with Crippen molar-refractivity contribution in [2.75, 3.05) is 25.9 Å². The van der Waals surface area contributed by atoms with Crippen LogP contribution in [0.2, 0.25) is 0 Å². The lowest BCUT2D eigenvalue weighted by molar-refractivity contribution is -0.118. The molecule has 0 aromatic heterocycles. The van der Waals surface area contributed by atoms with Crippen molar-refractivity contribution in [3.05, 3.63) is 0 Å². The van der Waals surface area contributed by atoms with Crippen molar-refractivity contribution in [1.82, 2.24) is 16.0 Å². The summed E-state index contributed by atoms with van der Waals surface area (Å²) in [6, 6.07) is 0.524. The molecule has 0 heterocycles. The van der Waals surface area contributed by atoms with Crippen molar-refractivity contribution in [3.63, 3.8) is 0 Å². The number of nitrogens with one attached hydrogen (secondary N) is 3. The minimum atomic E-state index is -0.00762. The summed E-state index contributed by atoms with van der Waals surface area (Å²) in [6.45, 7) is 5.63. The van der Waals surface area contributed by atoms with Crippen LogP contribution in [0.4, 0.5) is 0 Å². The molecule has 2 unspecified atom stereocenters. The summed E-state index contributed by atoms with van der Waals surface area (Å²) in [4.78, 5) is 15.2. The molecule has 0 saturated heterocycles. The number of carbonyl (C=O) groups is 1. The van der Waals surface area contributed by atoms with Crippen molar-refractivity contribution in [1.29, 1.82) is 0 Å². The molecule has 0 bridgehead atoms. The zero-order chi connectivity index (χ0) is 14.1. The van der Waals surface area contributed by atoms with Crippen LogP contribution >= 0.6 is 11.8 Å². The molecule has 110 valence electrons. The van der Waals surface area contributed by atoms with Gasteiger partial charge in [0, 0.05) is 31.3 Å². The maximum absolute atomic E-state index is 10.8. The van der Waals surface area contributed by atoms with Gasteiger partial charge in [0.25, 0.3) is 0 Å². The monoisotopic (exact) mass is 286 g/mol. The van der Waals surface area contributed by atoms with Gasteiger partial charge in [-0.1, -0.05) is 0 Å². The zero-order valence-electron chi connectivity index (χ0n) is 12.2. The Morgan fingerprint density at radius 2 is 2.16 bits per heavy atom. The van der Waals surface area contributed by atoms with Crippen LogP contribution < -0.4 is 16.0 Å². The molecule has 0 spiro atoms. The second-order valence-electron chi connectivity index (χ2n) is 4.76. The quantitative estimate of drug-likeness (QED) is 0.387. The second kappa shape index (κ2) is 9.07. The summed E-state index contributed by atoms with van der Waals surface area (Å²) in [6.07, 6.45) is 5.88. The molecular formula is C13H26N4OS. The fourth-order valence-corrected chi connectivity index (χ4v) is 2.99. The molecule has 0 aliphatic heterocycles. The Morgan fingerprint density at radius 1 is 1.37 bits per heavy atom. The first-order valence-electron chi connectivity index (χ1n) is 6.97. The van der Waals surface area contributed by atoms with Gasteiger partial charge in [-0.3, -0.25) is 9.79 Å². The molecular weight excluding hydrogens is 260 g/mol. The van der Waals surface area contributed by atoms with Crippen LogP contribution in [0, 0.1) is 0 Å². The highest BCUT2D eigenvalue weighted by molar-refractivity contribution is 7.99. The number of amides is 1. The number of hydrogen-bond acceptors (Lipinski definition) is 3. The van der Waals surface area contributed by atoms with Crippen molar-refractivity contribution >= 4 is 23.6 Å². The minimum absolute atomic E-state index is 0.00762. The Bertz CT molecular complexity index is 309. The Balaban J connectivity index is 2.34. The maximum Gasteiger partial charge on any atom is 0.216 e. The van der Waals surface area contributed by atoms with Crippen LogP contribution in [0.25, 0.3) is 0 Å². The maximum atomic E-state index is 10.8. The van der Waals surface area contributed by atoms with Crippen molar-refractivity contribution in [2.45, 2.75) is 44.4 Å². The lowest BCUT2D eigenvalue weighted by Gasteiger charge is -2.17. The van der Waals surface area contributed by atoms with Crippen molar-refractivity contribution in [2.24, 2.45) is 4.99 Å². The van der Waals surface area contributed by atoms with Gasteiger partial charge in [0.05, 0.1) is 6.54 Å². The number of carbonyl (C=O) groups excluding carboxylic acids is 1. The molecule has 1 aliphatic carbocycles. The topological polar surface area (TPSA) is 65.5 Å².